The van der Waals surface area contributed by atoms with E-state index in [2.05, 4.69) is 6.92 Å². The Kier molecular flexibility index (Phi) is 26.8. The summed E-state index contributed by atoms with van der Waals surface area (Å²) < 4.78 is 22.6. The molecule has 0 aliphatic rings. The minimum absolute atomic E-state index is 0.0174. The van der Waals surface area contributed by atoms with Crippen molar-refractivity contribution in [2.75, 3.05) is 33.9 Å². The van der Waals surface area contributed by atoms with Crippen molar-refractivity contribution in [2.45, 2.75) is 155 Å². The van der Waals surface area contributed by atoms with Gasteiger partial charge in [-0.05, 0) is 45.8 Å². The number of phosphoric ester groups is 1. The highest BCUT2D eigenvalue weighted by molar-refractivity contribution is 7.47. The minimum atomic E-state index is -4.07. The second-order valence-electron chi connectivity index (χ2n) is 11.6. The van der Waals surface area contributed by atoms with E-state index in [4.69, 9.17) is 9.05 Å². The maximum absolute atomic E-state index is 12.2. The molecule has 38 heavy (non-hydrogen) atoms. The lowest BCUT2D eigenvalue weighted by Crippen LogP contribution is -2.16. The van der Waals surface area contributed by atoms with Crippen molar-refractivity contribution < 1.29 is 23.3 Å². The molecule has 0 amide bonds. The van der Waals surface area contributed by atoms with Crippen LogP contribution in [0.3, 0.4) is 0 Å². The fourth-order valence-electron chi connectivity index (χ4n) is 4.90. The van der Waals surface area contributed by atoms with Gasteiger partial charge in [0.2, 0.25) is 0 Å². The van der Waals surface area contributed by atoms with Crippen LogP contribution in [0.25, 0.3) is 0 Å². The standard InChI is InChI=1S/C31H64NO5P/c1-5-7-8-9-10-11-12-13-14-15-16-17-18-19-20-21-22-25-30(28-31(33)24-6-2)29-37-38(34,35)36-27-23-26-32(3)4/h30H,5-29H2,1-4H3,(H,34,35). The summed E-state index contributed by atoms with van der Waals surface area (Å²) in [7, 11) is -0.171. The van der Waals surface area contributed by atoms with Gasteiger partial charge in [0.1, 0.15) is 5.78 Å². The zero-order valence-corrected chi connectivity index (χ0v) is 26.6. The molecular formula is C31H64NO5P. The number of carbonyl (C=O) groups is 1. The Morgan fingerprint density at radius 3 is 1.63 bits per heavy atom. The third kappa shape index (κ3) is 27.3. The molecule has 6 nitrogen and oxygen atoms in total. The largest absolute Gasteiger partial charge is 0.472 e. The lowest BCUT2D eigenvalue weighted by atomic mass is 9.94. The molecule has 0 spiro atoms. The lowest BCUT2D eigenvalue weighted by molar-refractivity contribution is -0.120. The van der Waals surface area contributed by atoms with E-state index in [9.17, 15) is 14.3 Å². The summed E-state index contributed by atoms with van der Waals surface area (Å²) in [4.78, 5) is 24.2. The summed E-state index contributed by atoms with van der Waals surface area (Å²) in [5.74, 6) is 0.198. The van der Waals surface area contributed by atoms with Gasteiger partial charge in [0, 0.05) is 12.8 Å². The monoisotopic (exact) mass is 561 g/mol. The Labute approximate surface area is 236 Å². The van der Waals surface area contributed by atoms with E-state index >= 15 is 0 Å². The summed E-state index contributed by atoms with van der Waals surface area (Å²) in [6.07, 6.45) is 26.1. The van der Waals surface area contributed by atoms with Crippen LogP contribution < -0.4 is 0 Å². The summed E-state index contributed by atoms with van der Waals surface area (Å²) in [5, 5.41) is 0. The molecule has 2 unspecified atom stereocenters. The molecule has 0 saturated carbocycles. The zero-order chi connectivity index (χ0) is 28.3. The first-order chi connectivity index (χ1) is 18.3. The Bertz CT molecular complexity index is 572. The number of rotatable bonds is 30. The van der Waals surface area contributed by atoms with Gasteiger partial charge in [-0.15, -0.1) is 0 Å². The second-order valence-corrected chi connectivity index (χ2v) is 13.0. The fourth-order valence-corrected chi connectivity index (χ4v) is 5.74. The van der Waals surface area contributed by atoms with Gasteiger partial charge in [0.05, 0.1) is 13.2 Å². The van der Waals surface area contributed by atoms with Gasteiger partial charge in [-0.25, -0.2) is 4.57 Å². The quantitative estimate of drug-likeness (QED) is 0.0695. The van der Waals surface area contributed by atoms with Gasteiger partial charge < -0.3 is 9.79 Å². The molecule has 0 bridgehead atoms. The minimum Gasteiger partial charge on any atom is -0.309 e. The fraction of sp³-hybridized carbons (Fsp3) is 0.968. The molecule has 0 aliphatic heterocycles. The molecule has 2 atom stereocenters. The van der Waals surface area contributed by atoms with Gasteiger partial charge in [0.25, 0.3) is 0 Å². The SMILES string of the molecule is CCCCCCCCCCCCCCCCCCCC(COP(=O)(O)OCCCN(C)C)CC(=O)CCC. The Morgan fingerprint density at radius 2 is 1.18 bits per heavy atom. The van der Waals surface area contributed by atoms with Crippen LogP contribution in [-0.2, 0) is 18.4 Å². The van der Waals surface area contributed by atoms with Crippen LogP contribution in [0.5, 0.6) is 0 Å². The van der Waals surface area contributed by atoms with E-state index in [0.29, 0.717) is 19.3 Å². The van der Waals surface area contributed by atoms with Crippen LogP contribution in [-0.4, -0.2) is 49.4 Å². The van der Waals surface area contributed by atoms with Crippen LogP contribution in [0.4, 0.5) is 0 Å². The molecule has 0 rings (SSSR count). The maximum atomic E-state index is 12.2. The van der Waals surface area contributed by atoms with Gasteiger partial charge >= 0.3 is 7.82 Å². The average Bonchev–Trinajstić information content (AvgIpc) is 2.87. The molecule has 0 aromatic carbocycles. The molecule has 228 valence electrons. The average molecular weight is 562 g/mol. The summed E-state index contributed by atoms with van der Waals surface area (Å²) in [5.41, 5.74) is 0. The molecule has 0 heterocycles. The first-order valence-corrected chi connectivity index (χ1v) is 17.6. The third-order valence-electron chi connectivity index (χ3n) is 7.24. The number of carbonyl (C=O) groups excluding carboxylic acids is 1. The molecule has 0 fully saturated rings. The summed E-state index contributed by atoms with van der Waals surface area (Å²) in [6.45, 7) is 5.36. The Hall–Kier alpha value is -0.260. The third-order valence-corrected chi connectivity index (χ3v) is 8.22. The summed E-state index contributed by atoms with van der Waals surface area (Å²) >= 11 is 0. The molecule has 0 radical (unpaired) electrons. The topological polar surface area (TPSA) is 76.1 Å². The first-order valence-electron chi connectivity index (χ1n) is 16.1. The van der Waals surface area contributed by atoms with E-state index in [1.54, 1.807) is 0 Å². The number of hydrogen-bond acceptors (Lipinski definition) is 5. The number of Topliss-reactive ketones (excluding diaryl/α,β-unsaturated/α-hetero) is 1. The van der Waals surface area contributed by atoms with Crippen molar-refractivity contribution in [3.05, 3.63) is 0 Å². The predicted molar refractivity (Wildman–Crippen MR) is 162 cm³/mol. The van der Waals surface area contributed by atoms with Gasteiger partial charge in [0.15, 0.2) is 0 Å². The predicted octanol–water partition coefficient (Wildman–Crippen LogP) is 9.49. The molecule has 0 aliphatic carbocycles. The number of unbranched alkanes of at least 4 members (excludes halogenated alkanes) is 16. The Morgan fingerprint density at radius 1 is 0.711 bits per heavy atom. The van der Waals surface area contributed by atoms with Crippen molar-refractivity contribution in [3.63, 3.8) is 0 Å². The molecule has 0 aromatic heterocycles. The zero-order valence-electron chi connectivity index (χ0n) is 25.7. The number of phosphoric acid groups is 1. The van der Waals surface area contributed by atoms with Crippen molar-refractivity contribution in [3.8, 4) is 0 Å². The van der Waals surface area contributed by atoms with E-state index in [0.717, 1.165) is 32.2 Å². The van der Waals surface area contributed by atoms with E-state index in [1.807, 2.05) is 25.9 Å². The lowest BCUT2D eigenvalue weighted by Gasteiger charge is -2.19. The van der Waals surface area contributed by atoms with Crippen molar-refractivity contribution in [2.24, 2.45) is 5.92 Å². The molecule has 7 heteroatoms. The van der Waals surface area contributed by atoms with Gasteiger partial charge in [-0.2, -0.15) is 0 Å². The second kappa shape index (κ2) is 26.9. The normalized spacial score (nSPS) is 14.2. The molecular weight excluding hydrogens is 497 g/mol. The maximum Gasteiger partial charge on any atom is 0.472 e. The number of nitrogens with zero attached hydrogens (tertiary/aromatic N) is 1. The van der Waals surface area contributed by atoms with Gasteiger partial charge in [-0.3, -0.25) is 13.8 Å². The van der Waals surface area contributed by atoms with Crippen LogP contribution in [0.1, 0.15) is 155 Å². The summed E-state index contributed by atoms with van der Waals surface area (Å²) in [6, 6.07) is 0. The Balaban J connectivity index is 3.89. The molecule has 1 N–H and O–H groups in total. The highest BCUT2D eigenvalue weighted by Crippen LogP contribution is 2.44. The molecule has 0 aromatic rings. The first kappa shape index (κ1) is 37.7. The highest BCUT2D eigenvalue weighted by atomic mass is 31.2. The molecule has 0 saturated heterocycles. The number of hydrogen-bond donors (Lipinski definition) is 1. The number of ketones is 1. The van der Waals surface area contributed by atoms with Crippen LogP contribution >= 0.6 is 7.82 Å². The van der Waals surface area contributed by atoms with Gasteiger partial charge in [-0.1, -0.05) is 123 Å². The van der Waals surface area contributed by atoms with Crippen molar-refractivity contribution in [1.82, 2.24) is 4.90 Å². The van der Waals surface area contributed by atoms with Crippen molar-refractivity contribution in [1.29, 1.82) is 0 Å². The van der Waals surface area contributed by atoms with Crippen LogP contribution in [0, 0.1) is 5.92 Å². The van der Waals surface area contributed by atoms with Crippen LogP contribution in [0.2, 0.25) is 0 Å². The van der Waals surface area contributed by atoms with E-state index < -0.39 is 7.82 Å². The van der Waals surface area contributed by atoms with Crippen molar-refractivity contribution >= 4 is 13.6 Å². The van der Waals surface area contributed by atoms with Crippen LogP contribution in [0.15, 0.2) is 0 Å². The van der Waals surface area contributed by atoms with E-state index in [1.165, 1.54) is 96.3 Å². The smallest absolute Gasteiger partial charge is 0.309 e. The van der Waals surface area contributed by atoms with E-state index in [-0.39, 0.29) is 24.9 Å². The highest BCUT2D eigenvalue weighted by Gasteiger charge is 2.24.